The molecule has 1 aromatic heterocycles. The topological polar surface area (TPSA) is 89.0 Å². The van der Waals surface area contributed by atoms with Crippen LogP contribution in [0.2, 0.25) is 0 Å². The van der Waals surface area contributed by atoms with Crippen molar-refractivity contribution in [1.82, 2.24) is 4.98 Å². The Hall–Kier alpha value is -4.43. The van der Waals surface area contributed by atoms with E-state index in [1.807, 2.05) is 74.5 Å². The maximum atomic E-state index is 14.1. The first-order valence-corrected chi connectivity index (χ1v) is 13.5. The fourth-order valence-corrected chi connectivity index (χ4v) is 5.70. The monoisotopic (exact) mass is 540 g/mol. The molecule has 0 radical (unpaired) electrons. The summed E-state index contributed by atoms with van der Waals surface area (Å²) in [6.45, 7) is 6.36. The fraction of sp³-hybridized carbons (Fsp3) is 0.194. The highest BCUT2D eigenvalue weighted by Gasteiger charge is 2.45. The van der Waals surface area contributed by atoms with E-state index in [4.69, 9.17) is 9.47 Å². The Morgan fingerprint density at radius 2 is 1.59 bits per heavy atom. The number of carbonyl (C=O) groups excluding carboxylic acids is 2. The maximum absolute atomic E-state index is 14.1. The zero-order chi connectivity index (χ0) is 27.5. The molecular weight excluding hydrogens is 512 g/mol. The molecule has 4 aromatic rings. The number of aliphatic hydroxyl groups is 1. The van der Waals surface area contributed by atoms with Crippen LogP contribution in [0.5, 0.6) is 11.5 Å². The Morgan fingerprint density at radius 3 is 2.26 bits per heavy atom. The Balaban J connectivity index is 1.61. The fourth-order valence-electron chi connectivity index (χ4n) is 4.68. The van der Waals surface area contributed by atoms with Gasteiger partial charge in [-0.15, -0.1) is 11.3 Å². The van der Waals surface area contributed by atoms with Crippen molar-refractivity contribution < 1.29 is 24.2 Å². The van der Waals surface area contributed by atoms with E-state index in [0.717, 1.165) is 5.56 Å². The summed E-state index contributed by atoms with van der Waals surface area (Å²) >= 11 is 1.25. The molecule has 0 saturated carbocycles. The van der Waals surface area contributed by atoms with Crippen molar-refractivity contribution in [2.45, 2.75) is 26.8 Å². The molecule has 0 aliphatic carbocycles. The number of carbonyl (C=O) groups is 2. The second-order valence-electron chi connectivity index (χ2n) is 8.88. The molecule has 1 aliphatic heterocycles. The molecule has 0 bridgehead atoms. The molecule has 0 spiro atoms. The lowest BCUT2D eigenvalue weighted by atomic mass is 9.95. The number of ketones is 1. The third kappa shape index (κ3) is 4.91. The normalized spacial score (nSPS) is 15.1. The van der Waals surface area contributed by atoms with Gasteiger partial charge in [0.15, 0.2) is 17.3 Å². The number of amides is 1. The highest BCUT2D eigenvalue weighted by molar-refractivity contribution is 7.17. The van der Waals surface area contributed by atoms with Gasteiger partial charge >= 0.3 is 0 Å². The van der Waals surface area contributed by atoms with E-state index in [1.54, 1.807) is 25.1 Å². The summed E-state index contributed by atoms with van der Waals surface area (Å²) in [6, 6.07) is 23.1. The number of ether oxygens (including phenoxy) is 2. The number of Topliss-reactive ketones (excluding diaryl/α,β-unsaturated/α-hetero) is 1. The SMILES string of the molecule is CCOc1ccc(N2C(=O)C(O)=C(C(=O)c3sc(-c4ccccc4)nc3C)C2c2ccccc2)cc1OCC. The highest BCUT2D eigenvalue weighted by atomic mass is 32.1. The molecule has 1 atom stereocenters. The maximum Gasteiger partial charge on any atom is 0.294 e. The van der Waals surface area contributed by atoms with Crippen LogP contribution in [0.25, 0.3) is 10.6 Å². The molecule has 8 heteroatoms. The molecule has 5 rings (SSSR count). The van der Waals surface area contributed by atoms with Gasteiger partial charge in [0.1, 0.15) is 5.01 Å². The number of hydrogen-bond acceptors (Lipinski definition) is 7. The molecule has 0 saturated heterocycles. The van der Waals surface area contributed by atoms with E-state index < -0.39 is 23.5 Å². The summed E-state index contributed by atoms with van der Waals surface area (Å²) in [5.41, 5.74) is 2.62. The quantitative estimate of drug-likeness (QED) is 0.238. The minimum atomic E-state index is -0.847. The molecule has 7 nitrogen and oxygen atoms in total. The van der Waals surface area contributed by atoms with E-state index in [-0.39, 0.29) is 5.57 Å². The van der Waals surface area contributed by atoms with E-state index in [2.05, 4.69) is 4.98 Å². The predicted octanol–water partition coefficient (Wildman–Crippen LogP) is 6.70. The van der Waals surface area contributed by atoms with E-state index in [1.165, 1.54) is 16.2 Å². The van der Waals surface area contributed by atoms with Crippen LogP contribution in [0.4, 0.5) is 5.69 Å². The largest absolute Gasteiger partial charge is 0.503 e. The Kier molecular flexibility index (Phi) is 7.47. The second kappa shape index (κ2) is 11.1. The number of aliphatic hydroxyl groups excluding tert-OH is 1. The molecule has 2 heterocycles. The number of hydrogen-bond donors (Lipinski definition) is 1. The summed E-state index contributed by atoms with van der Waals surface area (Å²) in [5, 5.41) is 11.9. The van der Waals surface area contributed by atoms with Crippen LogP contribution in [-0.2, 0) is 4.79 Å². The van der Waals surface area contributed by atoms with Gasteiger partial charge in [0, 0.05) is 17.3 Å². The third-order valence-corrected chi connectivity index (χ3v) is 7.60. The van der Waals surface area contributed by atoms with Gasteiger partial charge in [0.25, 0.3) is 5.91 Å². The van der Waals surface area contributed by atoms with Gasteiger partial charge in [-0.05, 0) is 38.5 Å². The number of aromatic nitrogens is 1. The Labute approximate surface area is 231 Å². The first-order valence-electron chi connectivity index (χ1n) is 12.7. The highest BCUT2D eigenvalue weighted by Crippen LogP contribution is 2.45. The van der Waals surface area contributed by atoms with Gasteiger partial charge in [-0.2, -0.15) is 0 Å². The zero-order valence-corrected chi connectivity index (χ0v) is 22.7. The Morgan fingerprint density at radius 1 is 0.949 bits per heavy atom. The van der Waals surface area contributed by atoms with Crippen molar-refractivity contribution in [3.8, 4) is 22.1 Å². The molecule has 1 aliphatic rings. The van der Waals surface area contributed by atoms with E-state index >= 15 is 0 Å². The number of aryl methyl sites for hydroxylation is 1. The summed E-state index contributed by atoms with van der Waals surface area (Å²) in [5.74, 6) is -0.640. The first-order chi connectivity index (χ1) is 18.9. The molecule has 1 unspecified atom stereocenters. The van der Waals surface area contributed by atoms with Crippen LogP contribution < -0.4 is 14.4 Å². The van der Waals surface area contributed by atoms with Crippen molar-refractivity contribution in [2.75, 3.05) is 18.1 Å². The lowest BCUT2D eigenvalue weighted by Crippen LogP contribution is -2.31. The molecule has 1 amide bonds. The average Bonchev–Trinajstić information content (AvgIpc) is 3.47. The third-order valence-electron chi connectivity index (χ3n) is 6.40. The van der Waals surface area contributed by atoms with Gasteiger partial charge in [0.05, 0.1) is 35.4 Å². The van der Waals surface area contributed by atoms with Crippen LogP contribution in [0, 0.1) is 6.92 Å². The summed E-state index contributed by atoms with van der Waals surface area (Å²) < 4.78 is 11.5. The Bertz CT molecular complexity index is 1550. The van der Waals surface area contributed by atoms with Gasteiger partial charge in [0.2, 0.25) is 5.78 Å². The average molecular weight is 541 g/mol. The molecule has 1 N–H and O–H groups in total. The minimum absolute atomic E-state index is 0.0180. The number of thiazole rings is 1. The molecule has 39 heavy (non-hydrogen) atoms. The van der Waals surface area contributed by atoms with Gasteiger partial charge in [-0.25, -0.2) is 4.98 Å². The smallest absolute Gasteiger partial charge is 0.294 e. The lowest BCUT2D eigenvalue weighted by Gasteiger charge is -2.27. The van der Waals surface area contributed by atoms with Gasteiger partial charge < -0.3 is 14.6 Å². The summed E-state index contributed by atoms with van der Waals surface area (Å²) in [4.78, 5) is 34.1. The zero-order valence-electron chi connectivity index (χ0n) is 21.9. The van der Waals surface area contributed by atoms with Crippen molar-refractivity contribution in [3.63, 3.8) is 0 Å². The molecule has 3 aromatic carbocycles. The summed E-state index contributed by atoms with van der Waals surface area (Å²) in [6.07, 6.45) is 0. The number of rotatable bonds is 9. The van der Waals surface area contributed by atoms with Crippen LogP contribution in [0.1, 0.15) is 40.8 Å². The van der Waals surface area contributed by atoms with E-state index in [0.29, 0.717) is 51.5 Å². The number of benzene rings is 3. The van der Waals surface area contributed by atoms with E-state index in [9.17, 15) is 14.7 Å². The van der Waals surface area contributed by atoms with Crippen LogP contribution in [0.3, 0.4) is 0 Å². The van der Waals surface area contributed by atoms with Crippen molar-refractivity contribution in [3.05, 3.63) is 106 Å². The van der Waals surface area contributed by atoms with Gasteiger partial charge in [-0.1, -0.05) is 60.7 Å². The van der Waals surface area contributed by atoms with Crippen LogP contribution in [-0.4, -0.2) is 35.0 Å². The number of anilines is 1. The number of nitrogens with zero attached hydrogens (tertiary/aromatic N) is 2. The first kappa shape index (κ1) is 26.2. The molecular formula is C31H28N2O5S. The standard InChI is InChI=1S/C31H28N2O5S/c1-4-37-23-17-16-22(18-24(23)38-5-2)33-26(20-12-8-6-9-13-20)25(28(35)31(33)36)27(34)29-19(3)32-30(39-29)21-14-10-7-11-15-21/h6-18,26,35H,4-5H2,1-3H3. The van der Waals surface area contributed by atoms with Crippen molar-refractivity contribution in [1.29, 1.82) is 0 Å². The minimum Gasteiger partial charge on any atom is -0.503 e. The van der Waals surface area contributed by atoms with Crippen LogP contribution >= 0.6 is 11.3 Å². The van der Waals surface area contributed by atoms with Crippen molar-refractivity contribution >= 4 is 28.7 Å². The predicted molar refractivity (Wildman–Crippen MR) is 152 cm³/mol. The second-order valence-corrected chi connectivity index (χ2v) is 9.88. The molecule has 198 valence electrons. The van der Waals surface area contributed by atoms with Gasteiger partial charge in [-0.3, -0.25) is 14.5 Å². The molecule has 0 fully saturated rings. The lowest BCUT2D eigenvalue weighted by molar-refractivity contribution is -0.117. The van der Waals surface area contributed by atoms with Crippen LogP contribution in [0.15, 0.2) is 90.2 Å². The summed E-state index contributed by atoms with van der Waals surface area (Å²) in [7, 11) is 0. The van der Waals surface area contributed by atoms with Crippen molar-refractivity contribution in [2.24, 2.45) is 0 Å².